The van der Waals surface area contributed by atoms with Gasteiger partial charge in [0.15, 0.2) is 5.96 Å². The Morgan fingerprint density at radius 3 is 2.71 bits per heavy atom. The summed E-state index contributed by atoms with van der Waals surface area (Å²) in [6.45, 7) is 3.40. The zero-order chi connectivity index (χ0) is 16.8. The summed E-state index contributed by atoms with van der Waals surface area (Å²) in [5.41, 5.74) is 10.5. The highest BCUT2D eigenvalue weighted by Crippen LogP contribution is 2.10. The van der Waals surface area contributed by atoms with Crippen LogP contribution in [0, 0.1) is 6.92 Å². The van der Waals surface area contributed by atoms with Crippen LogP contribution in [-0.4, -0.2) is 15.5 Å². The van der Waals surface area contributed by atoms with Gasteiger partial charge in [0, 0.05) is 24.6 Å². The van der Waals surface area contributed by atoms with Crippen LogP contribution in [0.5, 0.6) is 0 Å². The monoisotopic (exact) mass is 319 g/mol. The highest BCUT2D eigenvalue weighted by molar-refractivity contribution is 5.92. The molecule has 0 unspecified atom stereocenters. The summed E-state index contributed by atoms with van der Waals surface area (Å²) in [5.74, 6) is 0.416. The van der Waals surface area contributed by atoms with E-state index in [4.69, 9.17) is 5.73 Å². The average molecular weight is 319 g/mol. The number of anilines is 1. The SMILES string of the molecule is Cc1ccc(NC(N)=NCc2cccc(Cn3ccnc3)c2)cc1. The van der Waals surface area contributed by atoms with Crippen LogP contribution < -0.4 is 11.1 Å². The van der Waals surface area contributed by atoms with Gasteiger partial charge in [0.2, 0.25) is 0 Å². The van der Waals surface area contributed by atoms with Gasteiger partial charge < -0.3 is 15.6 Å². The molecule has 3 N–H and O–H groups in total. The molecule has 24 heavy (non-hydrogen) atoms. The fraction of sp³-hybridized carbons (Fsp3) is 0.158. The number of rotatable bonds is 5. The van der Waals surface area contributed by atoms with Gasteiger partial charge in [-0.15, -0.1) is 0 Å². The van der Waals surface area contributed by atoms with Crippen LogP contribution in [0.1, 0.15) is 16.7 Å². The van der Waals surface area contributed by atoms with Crippen molar-refractivity contribution in [3.05, 3.63) is 83.9 Å². The van der Waals surface area contributed by atoms with E-state index in [1.807, 2.05) is 47.4 Å². The molecule has 0 amide bonds. The maximum atomic E-state index is 5.97. The predicted molar refractivity (Wildman–Crippen MR) is 97.9 cm³/mol. The molecular weight excluding hydrogens is 298 g/mol. The minimum atomic E-state index is 0.416. The third-order valence-electron chi connectivity index (χ3n) is 3.67. The van der Waals surface area contributed by atoms with Gasteiger partial charge in [-0.2, -0.15) is 0 Å². The number of aliphatic imine (C=N–C) groups is 1. The number of aryl methyl sites for hydroxylation is 1. The van der Waals surface area contributed by atoms with Crippen molar-refractivity contribution in [1.29, 1.82) is 0 Å². The topological polar surface area (TPSA) is 68.2 Å². The van der Waals surface area contributed by atoms with Crippen LogP contribution in [0.25, 0.3) is 0 Å². The van der Waals surface area contributed by atoms with E-state index in [1.165, 1.54) is 11.1 Å². The number of aromatic nitrogens is 2. The first-order valence-electron chi connectivity index (χ1n) is 7.86. The summed E-state index contributed by atoms with van der Waals surface area (Å²) in [4.78, 5) is 8.48. The van der Waals surface area contributed by atoms with Crippen molar-refractivity contribution in [3.8, 4) is 0 Å². The second-order valence-electron chi connectivity index (χ2n) is 5.75. The molecule has 0 bridgehead atoms. The Kier molecular flexibility index (Phi) is 4.91. The number of benzene rings is 2. The zero-order valence-corrected chi connectivity index (χ0v) is 13.7. The normalized spacial score (nSPS) is 11.5. The number of imidazole rings is 1. The smallest absolute Gasteiger partial charge is 0.193 e. The van der Waals surface area contributed by atoms with Crippen molar-refractivity contribution in [3.63, 3.8) is 0 Å². The number of hydrogen-bond acceptors (Lipinski definition) is 2. The third kappa shape index (κ3) is 4.46. The van der Waals surface area contributed by atoms with E-state index in [2.05, 4.69) is 40.4 Å². The molecule has 5 nitrogen and oxygen atoms in total. The largest absolute Gasteiger partial charge is 0.370 e. The maximum Gasteiger partial charge on any atom is 0.193 e. The molecule has 0 radical (unpaired) electrons. The van der Waals surface area contributed by atoms with E-state index in [-0.39, 0.29) is 0 Å². The minimum Gasteiger partial charge on any atom is -0.370 e. The lowest BCUT2D eigenvalue weighted by Crippen LogP contribution is -2.22. The first-order chi connectivity index (χ1) is 11.7. The molecule has 1 heterocycles. The number of hydrogen-bond donors (Lipinski definition) is 2. The molecular formula is C19H21N5. The van der Waals surface area contributed by atoms with Crippen molar-refractivity contribution in [1.82, 2.24) is 9.55 Å². The molecule has 0 aliphatic heterocycles. The van der Waals surface area contributed by atoms with Gasteiger partial charge in [0.05, 0.1) is 12.9 Å². The van der Waals surface area contributed by atoms with Crippen LogP contribution in [0.15, 0.2) is 72.2 Å². The summed E-state index contributed by atoms with van der Waals surface area (Å²) in [7, 11) is 0. The molecule has 122 valence electrons. The Morgan fingerprint density at radius 1 is 1.17 bits per heavy atom. The van der Waals surface area contributed by atoms with Crippen LogP contribution in [0.4, 0.5) is 5.69 Å². The maximum absolute atomic E-state index is 5.97. The van der Waals surface area contributed by atoms with Gasteiger partial charge in [-0.05, 0) is 30.2 Å². The molecule has 3 aromatic rings. The van der Waals surface area contributed by atoms with E-state index in [1.54, 1.807) is 6.20 Å². The molecule has 0 aliphatic carbocycles. The van der Waals surface area contributed by atoms with Gasteiger partial charge >= 0.3 is 0 Å². The lowest BCUT2D eigenvalue weighted by atomic mass is 10.1. The van der Waals surface area contributed by atoms with Crippen LogP contribution in [-0.2, 0) is 13.1 Å². The van der Waals surface area contributed by atoms with Crippen LogP contribution in [0.2, 0.25) is 0 Å². The Morgan fingerprint density at radius 2 is 1.96 bits per heavy atom. The van der Waals surface area contributed by atoms with Crippen LogP contribution in [0.3, 0.4) is 0 Å². The number of nitrogens with two attached hydrogens (primary N) is 1. The zero-order valence-electron chi connectivity index (χ0n) is 13.7. The Bertz CT molecular complexity index is 804. The van der Waals surface area contributed by atoms with Crippen molar-refractivity contribution >= 4 is 11.6 Å². The summed E-state index contributed by atoms with van der Waals surface area (Å²) < 4.78 is 2.04. The molecule has 0 atom stereocenters. The second kappa shape index (κ2) is 7.46. The lowest BCUT2D eigenvalue weighted by Gasteiger charge is -2.07. The van der Waals surface area contributed by atoms with Gasteiger partial charge in [-0.1, -0.05) is 42.0 Å². The van der Waals surface area contributed by atoms with Gasteiger partial charge in [-0.25, -0.2) is 9.98 Å². The van der Waals surface area contributed by atoms with E-state index in [0.717, 1.165) is 17.8 Å². The first kappa shape index (κ1) is 15.8. The summed E-state index contributed by atoms with van der Waals surface area (Å²) in [6.07, 6.45) is 5.55. The fourth-order valence-electron chi connectivity index (χ4n) is 2.42. The molecule has 1 aromatic heterocycles. The molecule has 0 saturated heterocycles. The third-order valence-corrected chi connectivity index (χ3v) is 3.67. The Labute approximate surface area is 141 Å². The molecule has 2 aromatic carbocycles. The summed E-state index contributed by atoms with van der Waals surface area (Å²) in [6, 6.07) is 16.4. The van der Waals surface area contributed by atoms with E-state index < -0.39 is 0 Å². The van der Waals surface area contributed by atoms with Crippen molar-refractivity contribution in [2.24, 2.45) is 10.7 Å². The number of nitrogens with zero attached hydrogens (tertiary/aromatic N) is 3. The molecule has 0 spiro atoms. The lowest BCUT2D eigenvalue weighted by molar-refractivity contribution is 0.795. The van der Waals surface area contributed by atoms with Gasteiger partial charge in [0.25, 0.3) is 0 Å². The minimum absolute atomic E-state index is 0.416. The highest BCUT2D eigenvalue weighted by atomic mass is 15.1. The van der Waals surface area contributed by atoms with Gasteiger partial charge in [-0.3, -0.25) is 0 Å². The Balaban J connectivity index is 1.61. The first-order valence-corrected chi connectivity index (χ1v) is 7.86. The van der Waals surface area contributed by atoms with Crippen molar-refractivity contribution in [2.75, 3.05) is 5.32 Å². The number of guanidine groups is 1. The van der Waals surface area contributed by atoms with Crippen molar-refractivity contribution < 1.29 is 0 Å². The molecule has 0 fully saturated rings. The molecule has 3 rings (SSSR count). The van der Waals surface area contributed by atoms with E-state index in [0.29, 0.717) is 12.5 Å². The Hall–Kier alpha value is -3.08. The molecule has 0 aliphatic rings. The summed E-state index contributed by atoms with van der Waals surface area (Å²) >= 11 is 0. The predicted octanol–water partition coefficient (Wildman–Crippen LogP) is 3.17. The average Bonchev–Trinajstić information content (AvgIpc) is 3.08. The molecule has 5 heteroatoms. The quantitative estimate of drug-likeness (QED) is 0.560. The van der Waals surface area contributed by atoms with E-state index in [9.17, 15) is 0 Å². The standard InChI is InChI=1S/C19H21N5/c1-15-5-7-18(8-6-15)23-19(20)22-12-16-3-2-4-17(11-16)13-24-10-9-21-14-24/h2-11,14H,12-13H2,1H3,(H3,20,22,23). The number of nitrogens with one attached hydrogen (secondary N) is 1. The van der Waals surface area contributed by atoms with Gasteiger partial charge in [0.1, 0.15) is 0 Å². The highest BCUT2D eigenvalue weighted by Gasteiger charge is 1.99. The second-order valence-corrected chi connectivity index (χ2v) is 5.75. The van der Waals surface area contributed by atoms with E-state index >= 15 is 0 Å². The van der Waals surface area contributed by atoms with Crippen LogP contribution >= 0.6 is 0 Å². The van der Waals surface area contributed by atoms with Crippen molar-refractivity contribution in [2.45, 2.75) is 20.0 Å². The molecule has 0 saturated carbocycles. The summed E-state index contributed by atoms with van der Waals surface area (Å²) in [5, 5.41) is 3.11. The fourth-order valence-corrected chi connectivity index (χ4v) is 2.42.